The van der Waals surface area contributed by atoms with Crippen LogP contribution in [0.5, 0.6) is 0 Å². The van der Waals surface area contributed by atoms with E-state index in [4.69, 9.17) is 0 Å². The van der Waals surface area contributed by atoms with Crippen LogP contribution in [0.1, 0.15) is 43.6 Å². The number of benzene rings is 1. The molecule has 0 amide bonds. The Balaban J connectivity index is 1.78. The maximum absolute atomic E-state index is 12.6. The van der Waals surface area contributed by atoms with Crippen LogP contribution in [0.15, 0.2) is 29.2 Å². The fourth-order valence-corrected chi connectivity index (χ4v) is 3.95. The molecule has 2 saturated carbocycles. The number of hydrogen-bond acceptors (Lipinski definition) is 0. The third-order valence-electron chi connectivity index (χ3n) is 4.57. The fraction of sp³-hybridized carbons (Fsp3) is 0.538. The van der Waals surface area contributed by atoms with Gasteiger partial charge in [-0.2, -0.15) is 0 Å². The fourth-order valence-electron chi connectivity index (χ4n) is 3.30. The standard InChI is InChI=1S/C13H15F5S/c14-19(15,16,17,18)12-4-2-10(3-5-12)11-8-13(9-11)6-1-7-13/h2-5,11H,1,6-9H2. The molecule has 0 aromatic heterocycles. The summed E-state index contributed by atoms with van der Waals surface area (Å²) < 4.78 is 62.8. The van der Waals surface area contributed by atoms with Crippen LogP contribution in [0, 0.1) is 5.41 Å². The molecule has 0 saturated heterocycles. The lowest BCUT2D eigenvalue weighted by molar-refractivity contribution is 0.00898. The molecule has 0 N–H and O–H groups in total. The average Bonchev–Trinajstić information content (AvgIpc) is 2.10. The van der Waals surface area contributed by atoms with Crippen molar-refractivity contribution in [1.29, 1.82) is 0 Å². The van der Waals surface area contributed by atoms with Crippen molar-refractivity contribution >= 4 is 10.2 Å². The van der Waals surface area contributed by atoms with Gasteiger partial charge in [0.05, 0.1) is 0 Å². The zero-order valence-corrected chi connectivity index (χ0v) is 11.0. The van der Waals surface area contributed by atoms with Crippen molar-refractivity contribution in [3.05, 3.63) is 29.8 Å². The minimum atomic E-state index is -9.51. The molecule has 19 heavy (non-hydrogen) atoms. The van der Waals surface area contributed by atoms with Crippen molar-refractivity contribution in [2.75, 3.05) is 0 Å². The molecule has 108 valence electrons. The van der Waals surface area contributed by atoms with Crippen molar-refractivity contribution in [1.82, 2.24) is 0 Å². The van der Waals surface area contributed by atoms with Crippen LogP contribution in [0.4, 0.5) is 19.4 Å². The van der Waals surface area contributed by atoms with E-state index in [1.807, 2.05) is 0 Å². The van der Waals surface area contributed by atoms with Gasteiger partial charge in [-0.05, 0) is 54.7 Å². The Kier molecular flexibility index (Phi) is 2.16. The van der Waals surface area contributed by atoms with Crippen LogP contribution in [0.2, 0.25) is 0 Å². The molecule has 2 aliphatic carbocycles. The van der Waals surface area contributed by atoms with E-state index in [9.17, 15) is 19.4 Å². The van der Waals surface area contributed by atoms with Gasteiger partial charge in [-0.25, -0.2) is 0 Å². The number of halogens is 5. The summed E-state index contributed by atoms with van der Waals surface area (Å²) in [7, 11) is -9.51. The van der Waals surface area contributed by atoms with E-state index >= 15 is 0 Å². The van der Waals surface area contributed by atoms with E-state index in [-0.39, 0.29) is 5.92 Å². The second kappa shape index (κ2) is 3.10. The van der Waals surface area contributed by atoms with Crippen LogP contribution in [-0.4, -0.2) is 0 Å². The van der Waals surface area contributed by atoms with Gasteiger partial charge in [0.15, 0.2) is 0 Å². The highest BCUT2D eigenvalue weighted by Gasteiger charge is 2.65. The van der Waals surface area contributed by atoms with Crippen molar-refractivity contribution in [2.45, 2.75) is 42.9 Å². The minimum Gasteiger partial charge on any atom is -0.0936 e. The Hall–Kier alpha value is -0.780. The first-order valence-corrected chi connectivity index (χ1v) is 8.27. The second-order valence-corrected chi connectivity index (χ2v) is 8.41. The van der Waals surface area contributed by atoms with Gasteiger partial charge in [-0.3, -0.25) is 0 Å². The highest BCUT2D eigenvalue weighted by Crippen LogP contribution is 3.02. The first-order valence-electron chi connectivity index (χ1n) is 6.32. The predicted octanol–water partition coefficient (Wildman–Crippen LogP) is 6.39. The maximum atomic E-state index is 12.6. The lowest BCUT2D eigenvalue weighted by atomic mass is 9.51. The molecule has 0 unspecified atom stereocenters. The van der Waals surface area contributed by atoms with Gasteiger partial charge in [0.2, 0.25) is 0 Å². The van der Waals surface area contributed by atoms with Crippen LogP contribution >= 0.6 is 10.2 Å². The molecule has 0 atom stereocenters. The summed E-state index contributed by atoms with van der Waals surface area (Å²) in [6.45, 7) is 0. The molecule has 1 aromatic rings. The van der Waals surface area contributed by atoms with E-state index in [1.54, 1.807) is 0 Å². The monoisotopic (exact) mass is 298 g/mol. The van der Waals surface area contributed by atoms with E-state index in [0.717, 1.165) is 18.4 Å². The molecule has 0 nitrogen and oxygen atoms in total. The van der Waals surface area contributed by atoms with E-state index in [1.165, 1.54) is 31.4 Å². The van der Waals surface area contributed by atoms with Gasteiger partial charge in [0, 0.05) is 0 Å². The third kappa shape index (κ3) is 2.35. The van der Waals surface area contributed by atoms with E-state index < -0.39 is 15.1 Å². The van der Waals surface area contributed by atoms with Gasteiger partial charge in [-0.15, -0.1) is 0 Å². The van der Waals surface area contributed by atoms with Crippen LogP contribution < -0.4 is 0 Å². The predicted molar refractivity (Wildman–Crippen MR) is 66.1 cm³/mol. The molecule has 0 aliphatic heterocycles. The molecule has 6 heteroatoms. The molecular formula is C13H15F5S. The van der Waals surface area contributed by atoms with Crippen molar-refractivity contribution in [3.63, 3.8) is 0 Å². The second-order valence-electron chi connectivity index (χ2n) is 6.00. The van der Waals surface area contributed by atoms with Crippen molar-refractivity contribution in [2.24, 2.45) is 5.41 Å². The summed E-state index contributed by atoms with van der Waals surface area (Å²) in [6.07, 6.45) is 5.61. The molecule has 0 bridgehead atoms. The summed E-state index contributed by atoms with van der Waals surface area (Å²) in [5, 5.41) is 0. The average molecular weight is 298 g/mol. The quantitative estimate of drug-likeness (QED) is 0.555. The summed E-state index contributed by atoms with van der Waals surface area (Å²) in [4.78, 5) is -1.79. The lowest BCUT2D eigenvalue weighted by Gasteiger charge is -2.54. The van der Waals surface area contributed by atoms with Crippen LogP contribution in [0.3, 0.4) is 0 Å². The number of rotatable bonds is 2. The number of hydrogen-bond donors (Lipinski definition) is 0. The highest BCUT2D eigenvalue weighted by atomic mass is 32.5. The molecular weight excluding hydrogens is 283 g/mol. The molecule has 1 spiro atoms. The van der Waals surface area contributed by atoms with Gasteiger partial charge in [0.1, 0.15) is 4.90 Å². The third-order valence-corrected chi connectivity index (χ3v) is 5.73. The highest BCUT2D eigenvalue weighted by molar-refractivity contribution is 8.45. The Bertz CT molecular complexity index is 504. The Morgan fingerprint density at radius 2 is 1.42 bits per heavy atom. The van der Waals surface area contributed by atoms with Gasteiger partial charge in [0.25, 0.3) is 0 Å². The summed E-state index contributed by atoms with van der Waals surface area (Å²) in [5.74, 6) is 0.243. The largest absolute Gasteiger partial charge is 0.310 e. The molecule has 0 heterocycles. The Morgan fingerprint density at radius 3 is 1.79 bits per heavy atom. The van der Waals surface area contributed by atoms with Gasteiger partial charge >= 0.3 is 10.2 Å². The molecule has 0 radical (unpaired) electrons. The minimum absolute atomic E-state index is 0.243. The normalized spacial score (nSPS) is 26.2. The van der Waals surface area contributed by atoms with E-state index in [2.05, 4.69) is 0 Å². The summed E-state index contributed by atoms with van der Waals surface area (Å²) in [5.41, 5.74) is 1.17. The SMILES string of the molecule is FS(F)(F)(F)(F)c1ccc(C2CC3(CCC3)C2)cc1. The Morgan fingerprint density at radius 1 is 0.895 bits per heavy atom. The van der Waals surface area contributed by atoms with Gasteiger partial charge < -0.3 is 0 Å². The van der Waals surface area contributed by atoms with Gasteiger partial charge in [-0.1, -0.05) is 38.0 Å². The zero-order valence-electron chi connectivity index (χ0n) is 10.2. The molecule has 1 aromatic carbocycles. The first kappa shape index (κ1) is 13.2. The first-order chi connectivity index (χ1) is 8.47. The molecule has 3 rings (SSSR count). The molecule has 2 aliphatic rings. The summed E-state index contributed by atoms with van der Waals surface area (Å²) >= 11 is 0. The summed E-state index contributed by atoms with van der Waals surface area (Å²) in [6, 6.07) is 3.48. The van der Waals surface area contributed by atoms with Crippen molar-refractivity contribution < 1.29 is 19.4 Å². The van der Waals surface area contributed by atoms with Crippen LogP contribution in [-0.2, 0) is 0 Å². The zero-order chi connectivity index (χ0) is 14.0. The van der Waals surface area contributed by atoms with E-state index in [0.29, 0.717) is 17.5 Å². The lowest BCUT2D eigenvalue weighted by Crippen LogP contribution is -2.41. The smallest absolute Gasteiger partial charge is 0.0936 e. The Labute approximate surface area is 108 Å². The maximum Gasteiger partial charge on any atom is 0.310 e. The van der Waals surface area contributed by atoms with Crippen molar-refractivity contribution in [3.8, 4) is 0 Å². The molecule has 2 fully saturated rings. The van der Waals surface area contributed by atoms with Crippen LogP contribution in [0.25, 0.3) is 0 Å². The topological polar surface area (TPSA) is 0 Å².